The molecule has 0 aromatic heterocycles. The van der Waals surface area contributed by atoms with Gasteiger partial charge >= 0.3 is 0 Å². The fourth-order valence-electron chi connectivity index (χ4n) is 2.61. The first-order valence-electron chi connectivity index (χ1n) is 6.51. The summed E-state index contributed by atoms with van der Waals surface area (Å²) in [5, 5.41) is 0. The van der Waals surface area contributed by atoms with Crippen LogP contribution in [0.3, 0.4) is 0 Å². The van der Waals surface area contributed by atoms with Gasteiger partial charge in [-0.05, 0) is 25.1 Å². The summed E-state index contributed by atoms with van der Waals surface area (Å²) >= 11 is 0. The first-order chi connectivity index (χ1) is 8.31. The van der Waals surface area contributed by atoms with E-state index in [4.69, 9.17) is 9.47 Å². The average Bonchev–Trinajstić information content (AvgIpc) is 2.90. The number of unbranched alkanes of at least 4 members (excludes halogenated alkanes) is 1. The second-order valence-electron chi connectivity index (χ2n) is 4.94. The second-order valence-corrected chi connectivity index (χ2v) is 4.94. The zero-order chi connectivity index (χ0) is 11.7. The number of ether oxygens (including phenoxy) is 2. The smallest absolute Gasteiger partial charge is 0.265 e. The molecule has 0 bridgehead atoms. The molecule has 0 N–H and O–H groups in total. The second kappa shape index (κ2) is 4.22. The molecule has 3 nitrogen and oxygen atoms in total. The molecule has 17 heavy (non-hydrogen) atoms. The lowest BCUT2D eigenvalue weighted by molar-refractivity contribution is -0.0673. The maximum absolute atomic E-state index is 6.00. The maximum atomic E-state index is 6.00. The van der Waals surface area contributed by atoms with Gasteiger partial charge in [0.1, 0.15) is 0 Å². The van der Waals surface area contributed by atoms with Gasteiger partial charge in [-0.3, -0.25) is 4.90 Å². The number of rotatable bonds is 3. The third kappa shape index (κ3) is 2.00. The Kier molecular flexibility index (Phi) is 2.71. The molecule has 92 valence electrons. The van der Waals surface area contributed by atoms with E-state index in [9.17, 15) is 0 Å². The molecule has 2 aliphatic heterocycles. The Morgan fingerprint density at radius 2 is 1.94 bits per heavy atom. The molecule has 0 aliphatic carbocycles. The van der Waals surface area contributed by atoms with Crippen LogP contribution in [-0.2, 0) is 0 Å². The Morgan fingerprint density at radius 1 is 1.24 bits per heavy atom. The molecule has 0 amide bonds. The van der Waals surface area contributed by atoms with Crippen molar-refractivity contribution in [2.24, 2.45) is 0 Å². The number of hydrogen-bond donors (Lipinski definition) is 0. The first kappa shape index (κ1) is 10.9. The highest BCUT2D eigenvalue weighted by atomic mass is 16.7. The summed E-state index contributed by atoms with van der Waals surface area (Å²) in [5.41, 5.74) is 0. The van der Waals surface area contributed by atoms with Crippen LogP contribution in [0.2, 0.25) is 0 Å². The molecular weight excluding hydrogens is 214 g/mol. The molecule has 0 saturated carbocycles. The zero-order valence-corrected chi connectivity index (χ0v) is 10.3. The molecule has 0 radical (unpaired) electrons. The Labute approximate surface area is 102 Å². The van der Waals surface area contributed by atoms with E-state index in [1.54, 1.807) is 0 Å². The minimum Gasteiger partial charge on any atom is -0.447 e. The van der Waals surface area contributed by atoms with Crippen LogP contribution in [0, 0.1) is 0 Å². The molecule has 1 spiro atoms. The number of nitrogens with zero attached hydrogens (tertiary/aromatic N) is 1. The van der Waals surface area contributed by atoms with Gasteiger partial charge in [0.15, 0.2) is 11.5 Å². The molecule has 2 aliphatic rings. The molecule has 1 saturated heterocycles. The van der Waals surface area contributed by atoms with Crippen molar-refractivity contribution in [3.05, 3.63) is 24.3 Å². The fourth-order valence-corrected chi connectivity index (χ4v) is 2.61. The van der Waals surface area contributed by atoms with Crippen molar-refractivity contribution in [3.63, 3.8) is 0 Å². The third-order valence-corrected chi connectivity index (χ3v) is 3.54. The maximum Gasteiger partial charge on any atom is 0.265 e. The van der Waals surface area contributed by atoms with Crippen molar-refractivity contribution in [2.45, 2.75) is 32.0 Å². The molecule has 1 fully saturated rings. The Bertz CT molecular complexity index is 380. The predicted octanol–water partition coefficient (Wildman–Crippen LogP) is 2.66. The summed E-state index contributed by atoms with van der Waals surface area (Å²) < 4.78 is 12.0. The van der Waals surface area contributed by atoms with E-state index in [1.807, 2.05) is 24.3 Å². The summed E-state index contributed by atoms with van der Waals surface area (Å²) in [7, 11) is 0. The first-order valence-corrected chi connectivity index (χ1v) is 6.51. The lowest BCUT2D eigenvalue weighted by Crippen LogP contribution is -2.41. The molecule has 0 atom stereocenters. The van der Waals surface area contributed by atoms with Crippen LogP contribution in [0.1, 0.15) is 26.2 Å². The number of likely N-dealkylation sites (tertiary alicyclic amines) is 1. The largest absolute Gasteiger partial charge is 0.447 e. The monoisotopic (exact) mass is 233 g/mol. The summed E-state index contributed by atoms with van der Waals surface area (Å²) in [6.45, 7) is 5.35. The van der Waals surface area contributed by atoms with Crippen molar-refractivity contribution in [1.82, 2.24) is 4.90 Å². The van der Waals surface area contributed by atoms with Crippen LogP contribution < -0.4 is 9.47 Å². The Balaban J connectivity index is 1.67. The highest BCUT2D eigenvalue weighted by Crippen LogP contribution is 2.42. The third-order valence-electron chi connectivity index (χ3n) is 3.54. The summed E-state index contributed by atoms with van der Waals surface area (Å²) in [6, 6.07) is 7.95. The van der Waals surface area contributed by atoms with E-state index in [1.165, 1.54) is 12.8 Å². The molecule has 1 aromatic carbocycles. The van der Waals surface area contributed by atoms with Crippen molar-refractivity contribution < 1.29 is 9.47 Å². The van der Waals surface area contributed by atoms with Gasteiger partial charge in [-0.2, -0.15) is 0 Å². The van der Waals surface area contributed by atoms with Gasteiger partial charge < -0.3 is 9.47 Å². The molecule has 2 heterocycles. The summed E-state index contributed by atoms with van der Waals surface area (Å²) in [6.07, 6.45) is 3.46. The van der Waals surface area contributed by atoms with Crippen molar-refractivity contribution in [2.75, 3.05) is 19.6 Å². The molecule has 3 rings (SSSR count). The molecule has 1 aromatic rings. The van der Waals surface area contributed by atoms with E-state index in [2.05, 4.69) is 11.8 Å². The van der Waals surface area contributed by atoms with Crippen LogP contribution in [0.25, 0.3) is 0 Å². The van der Waals surface area contributed by atoms with Crippen molar-refractivity contribution in [1.29, 1.82) is 0 Å². The highest BCUT2D eigenvalue weighted by Gasteiger charge is 2.46. The van der Waals surface area contributed by atoms with Gasteiger partial charge in [0.2, 0.25) is 0 Å². The van der Waals surface area contributed by atoms with E-state index in [0.29, 0.717) is 0 Å². The number of hydrogen-bond acceptors (Lipinski definition) is 3. The lowest BCUT2D eigenvalue weighted by Gasteiger charge is -2.23. The normalized spacial score (nSPS) is 21.2. The quantitative estimate of drug-likeness (QED) is 0.801. The Morgan fingerprint density at radius 3 is 2.59 bits per heavy atom. The van der Waals surface area contributed by atoms with E-state index < -0.39 is 5.79 Å². The average molecular weight is 233 g/mol. The van der Waals surface area contributed by atoms with Crippen molar-refractivity contribution >= 4 is 0 Å². The Hall–Kier alpha value is -1.22. The summed E-state index contributed by atoms with van der Waals surface area (Å²) in [5.74, 6) is 1.38. The van der Waals surface area contributed by atoms with Crippen LogP contribution in [0.5, 0.6) is 11.5 Å². The lowest BCUT2D eigenvalue weighted by atomic mass is 10.2. The van der Waals surface area contributed by atoms with E-state index in [-0.39, 0.29) is 0 Å². The van der Waals surface area contributed by atoms with E-state index in [0.717, 1.165) is 37.6 Å². The van der Waals surface area contributed by atoms with Gasteiger partial charge in [0.05, 0.1) is 6.54 Å². The SMILES string of the molecule is CCCCN1CCC2(C1)Oc1ccccc1O2. The van der Waals surface area contributed by atoms with Crippen LogP contribution in [-0.4, -0.2) is 30.3 Å². The molecule has 0 unspecified atom stereocenters. The number of benzene rings is 1. The zero-order valence-electron chi connectivity index (χ0n) is 10.3. The van der Waals surface area contributed by atoms with Crippen LogP contribution in [0.15, 0.2) is 24.3 Å². The van der Waals surface area contributed by atoms with E-state index >= 15 is 0 Å². The van der Waals surface area contributed by atoms with Gasteiger partial charge in [-0.25, -0.2) is 0 Å². The minimum atomic E-state index is -0.405. The standard InChI is InChI=1S/C14H19NO2/c1-2-3-9-15-10-8-14(11-15)16-12-6-4-5-7-13(12)17-14/h4-7H,2-3,8-11H2,1H3. The van der Waals surface area contributed by atoms with Crippen molar-refractivity contribution in [3.8, 4) is 11.5 Å². The summed E-state index contributed by atoms with van der Waals surface area (Å²) in [4.78, 5) is 2.44. The minimum absolute atomic E-state index is 0.405. The topological polar surface area (TPSA) is 21.7 Å². The van der Waals surface area contributed by atoms with Gasteiger partial charge in [0.25, 0.3) is 5.79 Å². The van der Waals surface area contributed by atoms with Crippen LogP contribution >= 0.6 is 0 Å². The number of para-hydroxylation sites is 2. The molecule has 3 heteroatoms. The van der Waals surface area contributed by atoms with Gasteiger partial charge in [0, 0.05) is 13.0 Å². The highest BCUT2D eigenvalue weighted by molar-refractivity contribution is 5.43. The fraction of sp³-hybridized carbons (Fsp3) is 0.571. The van der Waals surface area contributed by atoms with Gasteiger partial charge in [-0.15, -0.1) is 0 Å². The predicted molar refractivity (Wildman–Crippen MR) is 66.4 cm³/mol. The van der Waals surface area contributed by atoms with Gasteiger partial charge in [-0.1, -0.05) is 25.5 Å². The molecular formula is C14H19NO2. The number of fused-ring (bicyclic) bond motifs is 1. The van der Waals surface area contributed by atoms with Crippen LogP contribution in [0.4, 0.5) is 0 Å².